The van der Waals surface area contributed by atoms with Gasteiger partial charge in [0.1, 0.15) is 6.54 Å². The summed E-state index contributed by atoms with van der Waals surface area (Å²) in [5, 5.41) is 3.50. The van der Waals surface area contributed by atoms with E-state index >= 15 is 0 Å². The fourth-order valence-electron chi connectivity index (χ4n) is 2.73. The van der Waals surface area contributed by atoms with Crippen LogP contribution in [0.15, 0.2) is 42.5 Å². The molecule has 0 spiro atoms. The molecular formula is C20H25ClN2O3S2. The molecule has 0 atom stereocenters. The Balaban J connectivity index is 1.86. The van der Waals surface area contributed by atoms with Crippen LogP contribution in [-0.2, 0) is 20.6 Å². The zero-order valence-corrected chi connectivity index (χ0v) is 18.6. The van der Waals surface area contributed by atoms with Crippen LogP contribution in [0.3, 0.4) is 0 Å². The van der Waals surface area contributed by atoms with Gasteiger partial charge in [-0.05, 0) is 43.2 Å². The number of hydrogen-bond acceptors (Lipinski definition) is 4. The topological polar surface area (TPSA) is 66.5 Å². The van der Waals surface area contributed by atoms with Crippen molar-refractivity contribution >= 4 is 45.0 Å². The Kier molecular flexibility index (Phi) is 8.22. The van der Waals surface area contributed by atoms with Crippen LogP contribution in [0.5, 0.6) is 0 Å². The number of thioether (sulfide) groups is 1. The third-order valence-corrected chi connectivity index (χ3v) is 6.43. The molecule has 0 aliphatic rings. The maximum absolute atomic E-state index is 12.3. The van der Waals surface area contributed by atoms with Crippen molar-refractivity contribution in [1.29, 1.82) is 0 Å². The van der Waals surface area contributed by atoms with Crippen LogP contribution in [0.1, 0.15) is 16.7 Å². The van der Waals surface area contributed by atoms with Crippen LogP contribution in [0.2, 0.25) is 5.02 Å². The van der Waals surface area contributed by atoms with Crippen LogP contribution in [-0.4, -0.2) is 39.4 Å². The summed E-state index contributed by atoms with van der Waals surface area (Å²) in [6.07, 6.45) is 1.11. The molecule has 0 fully saturated rings. The number of sulfonamides is 1. The van der Waals surface area contributed by atoms with Crippen molar-refractivity contribution in [3.63, 3.8) is 0 Å². The average Bonchev–Trinajstić information content (AvgIpc) is 2.59. The van der Waals surface area contributed by atoms with Crippen molar-refractivity contribution in [2.75, 3.05) is 29.4 Å². The minimum Gasteiger partial charge on any atom is -0.354 e. The van der Waals surface area contributed by atoms with Gasteiger partial charge in [-0.3, -0.25) is 9.10 Å². The lowest BCUT2D eigenvalue weighted by atomic mass is 10.1. The van der Waals surface area contributed by atoms with Crippen LogP contribution in [0.4, 0.5) is 5.69 Å². The predicted molar refractivity (Wildman–Crippen MR) is 119 cm³/mol. The molecule has 152 valence electrons. The molecular weight excluding hydrogens is 416 g/mol. The molecule has 0 aliphatic carbocycles. The predicted octanol–water partition coefficient (Wildman–Crippen LogP) is 3.77. The molecule has 0 saturated carbocycles. The van der Waals surface area contributed by atoms with E-state index in [1.165, 1.54) is 0 Å². The molecule has 1 N–H and O–H groups in total. The third kappa shape index (κ3) is 7.04. The third-order valence-electron chi connectivity index (χ3n) is 4.03. The quantitative estimate of drug-likeness (QED) is 0.602. The lowest BCUT2D eigenvalue weighted by Gasteiger charge is -2.24. The number of amides is 1. The highest BCUT2D eigenvalue weighted by Gasteiger charge is 2.22. The molecule has 2 aromatic rings. The number of nitrogens with one attached hydrogen (secondary N) is 1. The highest BCUT2D eigenvalue weighted by Crippen LogP contribution is 2.23. The zero-order chi connectivity index (χ0) is 20.7. The first-order valence-corrected chi connectivity index (χ1v) is 12.2. The number of carbonyl (C=O) groups excluding carboxylic acids is 1. The van der Waals surface area contributed by atoms with Crippen LogP contribution in [0, 0.1) is 13.8 Å². The fraction of sp³-hybridized carbons (Fsp3) is 0.350. The Morgan fingerprint density at radius 2 is 1.93 bits per heavy atom. The van der Waals surface area contributed by atoms with Gasteiger partial charge in [0.15, 0.2) is 0 Å². The van der Waals surface area contributed by atoms with E-state index in [-0.39, 0.29) is 12.5 Å². The molecule has 0 saturated heterocycles. The number of aryl methyl sites for hydroxylation is 2. The Labute approximate surface area is 176 Å². The number of hydrogen-bond donors (Lipinski definition) is 1. The van der Waals surface area contributed by atoms with Crippen LogP contribution in [0.25, 0.3) is 0 Å². The van der Waals surface area contributed by atoms with E-state index in [0.717, 1.165) is 38.8 Å². The van der Waals surface area contributed by atoms with Gasteiger partial charge in [-0.2, -0.15) is 11.8 Å². The summed E-state index contributed by atoms with van der Waals surface area (Å²) < 4.78 is 25.5. The summed E-state index contributed by atoms with van der Waals surface area (Å²) in [4.78, 5) is 12.3. The fourth-order valence-corrected chi connectivity index (χ4v) is 4.66. The number of carbonyl (C=O) groups is 1. The number of nitrogens with zero attached hydrogens (tertiary/aromatic N) is 1. The van der Waals surface area contributed by atoms with E-state index in [1.807, 2.05) is 50.2 Å². The Morgan fingerprint density at radius 1 is 1.18 bits per heavy atom. The Hall–Kier alpha value is -1.70. The SMILES string of the molecule is Cc1ccc(N(CC(=O)NCCSCc2cccc(Cl)c2)S(C)(=O)=O)c(C)c1. The number of rotatable bonds is 9. The van der Waals surface area contributed by atoms with Gasteiger partial charge in [0.25, 0.3) is 0 Å². The number of halogens is 1. The number of benzene rings is 2. The molecule has 5 nitrogen and oxygen atoms in total. The van der Waals surface area contributed by atoms with Gasteiger partial charge in [0.05, 0.1) is 11.9 Å². The van der Waals surface area contributed by atoms with E-state index in [1.54, 1.807) is 17.8 Å². The second-order valence-electron chi connectivity index (χ2n) is 6.59. The van der Waals surface area contributed by atoms with Gasteiger partial charge in [-0.15, -0.1) is 0 Å². The lowest BCUT2D eigenvalue weighted by molar-refractivity contribution is -0.119. The Morgan fingerprint density at radius 3 is 2.57 bits per heavy atom. The zero-order valence-electron chi connectivity index (χ0n) is 16.2. The molecule has 28 heavy (non-hydrogen) atoms. The van der Waals surface area contributed by atoms with Crippen molar-refractivity contribution < 1.29 is 13.2 Å². The average molecular weight is 441 g/mol. The summed E-state index contributed by atoms with van der Waals surface area (Å²) in [7, 11) is -3.57. The second kappa shape index (κ2) is 10.2. The van der Waals surface area contributed by atoms with E-state index in [9.17, 15) is 13.2 Å². The van der Waals surface area contributed by atoms with Gasteiger partial charge in [0, 0.05) is 23.1 Å². The molecule has 2 aromatic carbocycles. The summed E-state index contributed by atoms with van der Waals surface area (Å²) in [5.41, 5.74) is 3.51. The van der Waals surface area contributed by atoms with Crippen molar-refractivity contribution in [2.45, 2.75) is 19.6 Å². The van der Waals surface area contributed by atoms with Gasteiger partial charge in [0.2, 0.25) is 15.9 Å². The monoisotopic (exact) mass is 440 g/mol. The molecule has 0 heterocycles. The summed E-state index contributed by atoms with van der Waals surface area (Å²) in [6, 6.07) is 13.1. The van der Waals surface area contributed by atoms with Crippen LogP contribution >= 0.6 is 23.4 Å². The standard InChI is InChI=1S/C20H25ClN2O3S2/c1-15-7-8-19(16(2)11-15)23(28(3,25)26)13-20(24)22-9-10-27-14-17-5-4-6-18(21)12-17/h4-8,11-12H,9-10,13-14H2,1-3H3,(H,22,24). The highest BCUT2D eigenvalue weighted by atomic mass is 35.5. The first-order valence-electron chi connectivity index (χ1n) is 8.80. The normalized spacial score (nSPS) is 11.3. The largest absolute Gasteiger partial charge is 0.354 e. The lowest BCUT2D eigenvalue weighted by Crippen LogP contribution is -2.41. The van der Waals surface area contributed by atoms with Crippen LogP contribution < -0.4 is 9.62 Å². The maximum atomic E-state index is 12.3. The summed E-state index contributed by atoms with van der Waals surface area (Å²) in [6.45, 7) is 4.01. The van der Waals surface area contributed by atoms with Gasteiger partial charge >= 0.3 is 0 Å². The smallest absolute Gasteiger partial charge is 0.240 e. The highest BCUT2D eigenvalue weighted by molar-refractivity contribution is 7.98. The molecule has 2 rings (SSSR count). The minimum absolute atomic E-state index is 0.234. The summed E-state index contributed by atoms with van der Waals surface area (Å²) >= 11 is 7.64. The van der Waals surface area contributed by atoms with Crippen molar-refractivity contribution in [3.8, 4) is 0 Å². The minimum atomic E-state index is -3.57. The Bertz CT molecular complexity index is 933. The van der Waals surface area contributed by atoms with Gasteiger partial charge < -0.3 is 5.32 Å². The molecule has 0 unspecified atom stereocenters. The van der Waals surface area contributed by atoms with E-state index in [0.29, 0.717) is 17.3 Å². The maximum Gasteiger partial charge on any atom is 0.240 e. The molecule has 0 radical (unpaired) electrons. The first-order chi connectivity index (χ1) is 13.2. The molecule has 8 heteroatoms. The van der Waals surface area contributed by atoms with Crippen molar-refractivity contribution in [3.05, 3.63) is 64.2 Å². The molecule has 0 aliphatic heterocycles. The van der Waals surface area contributed by atoms with Crippen molar-refractivity contribution in [1.82, 2.24) is 5.32 Å². The van der Waals surface area contributed by atoms with E-state index < -0.39 is 10.0 Å². The van der Waals surface area contributed by atoms with Gasteiger partial charge in [-0.1, -0.05) is 41.4 Å². The number of anilines is 1. The second-order valence-corrected chi connectivity index (χ2v) is 10.0. The van der Waals surface area contributed by atoms with Gasteiger partial charge in [-0.25, -0.2) is 8.42 Å². The first kappa shape index (κ1) is 22.6. The van der Waals surface area contributed by atoms with E-state index in [4.69, 9.17) is 11.6 Å². The molecule has 0 bridgehead atoms. The summed E-state index contributed by atoms with van der Waals surface area (Å²) in [5.74, 6) is 1.20. The van der Waals surface area contributed by atoms with E-state index in [2.05, 4.69) is 5.32 Å². The van der Waals surface area contributed by atoms with Crippen molar-refractivity contribution in [2.24, 2.45) is 0 Å². The molecule has 0 aromatic heterocycles. The molecule has 1 amide bonds.